The first-order valence-corrected chi connectivity index (χ1v) is 8.93. The zero-order valence-electron chi connectivity index (χ0n) is 14.6. The molecule has 0 radical (unpaired) electrons. The topological polar surface area (TPSA) is 72.7 Å². The van der Waals surface area contributed by atoms with Gasteiger partial charge in [0.1, 0.15) is 5.60 Å². The van der Waals surface area contributed by atoms with Crippen molar-refractivity contribution in [2.24, 2.45) is 0 Å². The van der Waals surface area contributed by atoms with Crippen LogP contribution >= 0.6 is 11.8 Å². The zero-order chi connectivity index (χ0) is 17.9. The molecule has 1 aliphatic rings. The lowest BCUT2D eigenvalue weighted by Gasteiger charge is -2.33. The Labute approximate surface area is 146 Å². The van der Waals surface area contributed by atoms with Crippen LogP contribution in [0.4, 0.5) is 10.5 Å². The molecule has 24 heavy (non-hydrogen) atoms. The third-order valence-corrected chi connectivity index (χ3v) is 5.27. The summed E-state index contributed by atoms with van der Waals surface area (Å²) >= 11 is 1.74. The van der Waals surface area contributed by atoms with E-state index in [-0.39, 0.29) is 16.7 Å². The maximum atomic E-state index is 12.1. The predicted molar refractivity (Wildman–Crippen MR) is 94.5 cm³/mol. The molecule has 0 atom stereocenters. The molecule has 2 rings (SSSR count). The van der Waals surface area contributed by atoms with Gasteiger partial charge in [-0.1, -0.05) is 0 Å². The summed E-state index contributed by atoms with van der Waals surface area (Å²) in [6.07, 6.45) is 1.53. The summed E-state index contributed by atoms with van der Waals surface area (Å²) in [7, 11) is 0. The number of piperidine rings is 1. The first-order valence-electron chi connectivity index (χ1n) is 8.05. The number of nitro benzene ring substituents is 1. The van der Waals surface area contributed by atoms with Gasteiger partial charge in [0.2, 0.25) is 0 Å². The number of non-ortho nitro benzene ring substituents is 1. The summed E-state index contributed by atoms with van der Waals surface area (Å²) in [4.78, 5) is 25.3. The smallest absolute Gasteiger partial charge is 0.410 e. The number of ether oxygens (including phenoxy) is 1. The number of carbonyl (C=O) groups is 1. The Morgan fingerprint density at radius 2 is 1.96 bits per heavy atom. The van der Waals surface area contributed by atoms with Crippen LogP contribution in [0, 0.1) is 17.0 Å². The Bertz CT molecular complexity index is 620. The molecular weight excluding hydrogens is 328 g/mol. The van der Waals surface area contributed by atoms with E-state index in [1.165, 1.54) is 0 Å². The highest BCUT2D eigenvalue weighted by molar-refractivity contribution is 8.00. The highest BCUT2D eigenvalue weighted by Crippen LogP contribution is 2.34. The van der Waals surface area contributed by atoms with Crippen molar-refractivity contribution in [2.75, 3.05) is 13.1 Å². The van der Waals surface area contributed by atoms with Crippen LogP contribution in [0.25, 0.3) is 0 Å². The standard InChI is InChI=1S/C17H24N2O4S/c1-12-11-13(19(21)22)5-6-15(12)24-14-7-9-18(10-8-14)16(20)23-17(2,3)4/h5-6,11,14H,7-10H2,1-4H3. The lowest BCUT2D eigenvalue weighted by atomic mass is 10.1. The van der Waals surface area contributed by atoms with Crippen molar-refractivity contribution in [1.29, 1.82) is 0 Å². The van der Waals surface area contributed by atoms with Gasteiger partial charge < -0.3 is 9.64 Å². The van der Waals surface area contributed by atoms with Gasteiger partial charge in [0, 0.05) is 35.4 Å². The van der Waals surface area contributed by atoms with Gasteiger partial charge in [0.25, 0.3) is 5.69 Å². The van der Waals surface area contributed by atoms with Crippen molar-refractivity contribution in [3.05, 3.63) is 33.9 Å². The first-order chi connectivity index (χ1) is 11.2. The summed E-state index contributed by atoms with van der Waals surface area (Å²) in [5, 5.41) is 11.2. The van der Waals surface area contributed by atoms with Crippen LogP contribution in [-0.2, 0) is 4.74 Å². The van der Waals surface area contributed by atoms with Gasteiger partial charge >= 0.3 is 6.09 Å². The minimum atomic E-state index is -0.474. The second-order valence-corrected chi connectivity index (χ2v) is 8.33. The summed E-state index contributed by atoms with van der Waals surface area (Å²) in [5.74, 6) is 0. The minimum Gasteiger partial charge on any atom is -0.444 e. The van der Waals surface area contributed by atoms with Crippen LogP contribution in [0.5, 0.6) is 0 Å². The van der Waals surface area contributed by atoms with Crippen molar-refractivity contribution in [2.45, 2.75) is 56.3 Å². The van der Waals surface area contributed by atoms with Gasteiger partial charge in [-0.3, -0.25) is 10.1 Å². The van der Waals surface area contributed by atoms with Gasteiger partial charge in [-0.2, -0.15) is 0 Å². The molecule has 0 unspecified atom stereocenters. The van der Waals surface area contributed by atoms with Gasteiger partial charge in [-0.15, -0.1) is 11.8 Å². The van der Waals surface area contributed by atoms with Crippen molar-refractivity contribution >= 4 is 23.5 Å². The number of aryl methyl sites for hydroxylation is 1. The Morgan fingerprint density at radius 3 is 2.46 bits per heavy atom. The number of hydrogen-bond acceptors (Lipinski definition) is 5. The molecule has 0 spiro atoms. The largest absolute Gasteiger partial charge is 0.444 e. The molecule has 1 heterocycles. The van der Waals surface area contributed by atoms with Crippen LogP contribution in [0.15, 0.2) is 23.1 Å². The first kappa shape index (κ1) is 18.6. The quantitative estimate of drug-likeness (QED) is 0.596. The van der Waals surface area contributed by atoms with E-state index in [9.17, 15) is 14.9 Å². The number of rotatable bonds is 3. The lowest BCUT2D eigenvalue weighted by Crippen LogP contribution is -2.42. The average molecular weight is 352 g/mol. The third kappa shape index (κ3) is 5.12. The summed E-state index contributed by atoms with van der Waals surface area (Å²) in [6.45, 7) is 8.85. The minimum absolute atomic E-state index is 0.122. The fourth-order valence-electron chi connectivity index (χ4n) is 2.54. The molecule has 0 aliphatic carbocycles. The third-order valence-electron chi connectivity index (χ3n) is 3.76. The number of likely N-dealkylation sites (tertiary alicyclic amines) is 1. The maximum Gasteiger partial charge on any atom is 0.410 e. The number of benzene rings is 1. The average Bonchev–Trinajstić information content (AvgIpc) is 2.48. The van der Waals surface area contributed by atoms with Crippen molar-refractivity contribution in [1.82, 2.24) is 4.90 Å². The SMILES string of the molecule is Cc1cc([N+](=O)[O-])ccc1SC1CCN(C(=O)OC(C)(C)C)CC1. The van der Waals surface area contributed by atoms with E-state index in [1.807, 2.05) is 33.8 Å². The zero-order valence-corrected chi connectivity index (χ0v) is 15.4. The summed E-state index contributed by atoms with van der Waals surface area (Å²) in [6, 6.07) is 4.97. The van der Waals surface area contributed by atoms with Gasteiger partial charge in [0.05, 0.1) is 4.92 Å². The highest BCUT2D eigenvalue weighted by atomic mass is 32.2. The molecular formula is C17H24N2O4S. The molecule has 0 bridgehead atoms. The molecule has 7 heteroatoms. The van der Waals surface area contributed by atoms with Crippen LogP contribution in [-0.4, -0.2) is 39.9 Å². The monoisotopic (exact) mass is 352 g/mol. The van der Waals surface area contributed by atoms with E-state index >= 15 is 0 Å². The maximum absolute atomic E-state index is 12.1. The van der Waals surface area contributed by atoms with E-state index in [2.05, 4.69) is 0 Å². The molecule has 1 fully saturated rings. The van der Waals surface area contributed by atoms with Crippen molar-refractivity contribution < 1.29 is 14.5 Å². The van der Waals surface area contributed by atoms with Crippen LogP contribution in [0.3, 0.4) is 0 Å². The normalized spacial score (nSPS) is 16.1. The molecule has 132 valence electrons. The molecule has 1 amide bonds. The van der Waals surface area contributed by atoms with Crippen molar-refractivity contribution in [3.63, 3.8) is 0 Å². The number of nitro groups is 1. The molecule has 0 aromatic heterocycles. The van der Waals surface area contributed by atoms with E-state index in [4.69, 9.17) is 4.74 Å². The van der Waals surface area contributed by atoms with Gasteiger partial charge in [0.15, 0.2) is 0 Å². The van der Waals surface area contributed by atoms with Crippen LogP contribution in [0.2, 0.25) is 0 Å². The van der Waals surface area contributed by atoms with E-state index in [1.54, 1.807) is 28.8 Å². The van der Waals surface area contributed by atoms with Crippen LogP contribution < -0.4 is 0 Å². The van der Waals surface area contributed by atoms with E-state index in [0.29, 0.717) is 18.3 Å². The summed E-state index contributed by atoms with van der Waals surface area (Å²) < 4.78 is 5.40. The van der Waals surface area contributed by atoms with Crippen LogP contribution in [0.1, 0.15) is 39.2 Å². The molecule has 1 aromatic rings. The molecule has 6 nitrogen and oxygen atoms in total. The number of amides is 1. The molecule has 1 aliphatic heterocycles. The second-order valence-electron chi connectivity index (χ2n) is 6.99. The number of nitrogens with zero attached hydrogens (tertiary/aromatic N) is 2. The Hall–Kier alpha value is -1.76. The number of hydrogen-bond donors (Lipinski definition) is 0. The lowest BCUT2D eigenvalue weighted by molar-refractivity contribution is -0.385. The molecule has 0 saturated carbocycles. The Morgan fingerprint density at radius 1 is 1.33 bits per heavy atom. The fraction of sp³-hybridized carbons (Fsp3) is 0.588. The van der Waals surface area contributed by atoms with E-state index < -0.39 is 5.60 Å². The molecule has 1 saturated heterocycles. The fourth-order valence-corrected chi connectivity index (χ4v) is 3.74. The Kier molecular flexibility index (Phi) is 5.74. The molecule has 0 N–H and O–H groups in total. The van der Waals surface area contributed by atoms with E-state index in [0.717, 1.165) is 23.3 Å². The van der Waals surface area contributed by atoms with Crippen molar-refractivity contribution in [3.8, 4) is 0 Å². The highest BCUT2D eigenvalue weighted by Gasteiger charge is 2.27. The Balaban J connectivity index is 1.89. The number of carbonyl (C=O) groups excluding carboxylic acids is 1. The number of thioether (sulfide) groups is 1. The van der Waals surface area contributed by atoms with Gasteiger partial charge in [-0.05, 0) is 52.2 Å². The molecule has 1 aromatic carbocycles. The predicted octanol–water partition coefficient (Wildman–Crippen LogP) is 4.39. The summed E-state index contributed by atoms with van der Waals surface area (Å²) in [5.41, 5.74) is 0.568. The van der Waals surface area contributed by atoms with Gasteiger partial charge in [-0.25, -0.2) is 4.79 Å². The second kappa shape index (κ2) is 7.42.